The van der Waals surface area contributed by atoms with E-state index in [1.807, 2.05) is 30.3 Å². The standard InChI is InChI=1S/C18H27N3O2/c1-19-18(23)21-17(22)16(14-10-6-5-7-11-14)20-15-12-8-3-2-4-9-13-15/h5-7,10-11,15-16,20H,2-4,8-9,12-13H2,1H3,(H2,19,21,22,23)/p+1/t16-/m0/s1. The minimum atomic E-state index is -0.456. The molecule has 0 bridgehead atoms. The van der Waals surface area contributed by atoms with Gasteiger partial charge >= 0.3 is 6.03 Å². The van der Waals surface area contributed by atoms with E-state index in [9.17, 15) is 9.59 Å². The highest BCUT2D eigenvalue weighted by atomic mass is 16.2. The molecule has 1 saturated carbocycles. The summed E-state index contributed by atoms with van der Waals surface area (Å²) in [4.78, 5) is 24.0. The van der Waals surface area contributed by atoms with Crippen LogP contribution in [0.3, 0.4) is 0 Å². The van der Waals surface area contributed by atoms with Crippen LogP contribution in [0.15, 0.2) is 30.3 Å². The number of nitrogens with two attached hydrogens (primary N) is 1. The van der Waals surface area contributed by atoms with Crippen LogP contribution in [-0.2, 0) is 4.79 Å². The highest BCUT2D eigenvalue weighted by Crippen LogP contribution is 2.17. The van der Waals surface area contributed by atoms with Crippen molar-refractivity contribution in [3.05, 3.63) is 35.9 Å². The van der Waals surface area contributed by atoms with Crippen LogP contribution >= 0.6 is 0 Å². The SMILES string of the molecule is CNC(=O)NC(=O)[C@@H]([NH2+]C1CCCCCCC1)c1ccccc1. The summed E-state index contributed by atoms with van der Waals surface area (Å²) < 4.78 is 0. The number of hydrogen-bond donors (Lipinski definition) is 3. The maximum atomic E-state index is 12.5. The highest BCUT2D eigenvalue weighted by molar-refractivity contribution is 5.96. The molecule has 3 amide bonds. The maximum Gasteiger partial charge on any atom is 0.321 e. The fourth-order valence-corrected chi connectivity index (χ4v) is 3.21. The highest BCUT2D eigenvalue weighted by Gasteiger charge is 2.29. The van der Waals surface area contributed by atoms with Crippen LogP contribution in [0.5, 0.6) is 0 Å². The van der Waals surface area contributed by atoms with E-state index in [1.165, 1.54) is 39.2 Å². The summed E-state index contributed by atoms with van der Waals surface area (Å²) in [5.41, 5.74) is 0.941. The molecular formula is C18H28N3O2+. The molecule has 1 aromatic carbocycles. The summed E-state index contributed by atoms with van der Waals surface area (Å²) in [5.74, 6) is -0.252. The summed E-state index contributed by atoms with van der Waals surface area (Å²) in [6.07, 6.45) is 8.61. The van der Waals surface area contributed by atoms with E-state index >= 15 is 0 Å². The average molecular weight is 318 g/mol. The second kappa shape index (κ2) is 9.30. The van der Waals surface area contributed by atoms with Gasteiger partial charge in [-0.05, 0) is 25.7 Å². The predicted octanol–water partition coefficient (Wildman–Crippen LogP) is 1.86. The molecule has 1 aliphatic carbocycles. The molecule has 0 saturated heterocycles. The average Bonchev–Trinajstić information content (AvgIpc) is 2.54. The third kappa shape index (κ3) is 5.67. The molecule has 0 aliphatic heterocycles. The zero-order valence-electron chi connectivity index (χ0n) is 13.9. The predicted molar refractivity (Wildman–Crippen MR) is 89.8 cm³/mol. The van der Waals surface area contributed by atoms with E-state index in [0.717, 1.165) is 18.4 Å². The molecule has 1 aromatic rings. The topological polar surface area (TPSA) is 74.8 Å². The number of carbonyl (C=O) groups is 2. The monoisotopic (exact) mass is 318 g/mol. The first kappa shape index (κ1) is 17.5. The number of rotatable bonds is 4. The molecule has 1 atom stereocenters. The third-order valence-corrected chi connectivity index (χ3v) is 4.52. The normalized spacial score (nSPS) is 17.6. The number of benzene rings is 1. The van der Waals surface area contributed by atoms with Crippen molar-refractivity contribution in [2.75, 3.05) is 7.05 Å². The molecule has 23 heavy (non-hydrogen) atoms. The van der Waals surface area contributed by atoms with Crippen LogP contribution in [-0.4, -0.2) is 25.0 Å². The molecule has 0 spiro atoms. The lowest BCUT2D eigenvalue weighted by Gasteiger charge is -2.23. The van der Waals surface area contributed by atoms with Gasteiger partial charge in [-0.25, -0.2) is 4.79 Å². The zero-order valence-corrected chi connectivity index (χ0v) is 13.9. The van der Waals surface area contributed by atoms with Gasteiger partial charge in [0, 0.05) is 12.6 Å². The minimum Gasteiger partial charge on any atom is -0.341 e. The number of urea groups is 1. The van der Waals surface area contributed by atoms with Crippen molar-refractivity contribution in [2.45, 2.75) is 57.0 Å². The minimum absolute atomic E-state index is 0.252. The smallest absolute Gasteiger partial charge is 0.321 e. The first-order valence-corrected chi connectivity index (χ1v) is 8.63. The Balaban J connectivity index is 2.09. The van der Waals surface area contributed by atoms with Gasteiger partial charge in [-0.15, -0.1) is 0 Å². The number of hydrogen-bond acceptors (Lipinski definition) is 2. The molecule has 5 nitrogen and oxygen atoms in total. The van der Waals surface area contributed by atoms with Gasteiger partial charge in [0.1, 0.15) is 0 Å². The van der Waals surface area contributed by atoms with E-state index in [-0.39, 0.29) is 11.9 Å². The molecule has 0 aromatic heterocycles. The van der Waals surface area contributed by atoms with Crippen LogP contribution in [0.4, 0.5) is 4.79 Å². The van der Waals surface area contributed by atoms with E-state index in [0.29, 0.717) is 6.04 Å². The second-order valence-electron chi connectivity index (χ2n) is 6.25. The van der Waals surface area contributed by atoms with Gasteiger partial charge in [-0.1, -0.05) is 49.6 Å². The first-order chi connectivity index (χ1) is 11.2. The van der Waals surface area contributed by atoms with Crippen molar-refractivity contribution in [3.8, 4) is 0 Å². The third-order valence-electron chi connectivity index (χ3n) is 4.52. The molecule has 0 radical (unpaired) electrons. The van der Waals surface area contributed by atoms with E-state index in [1.54, 1.807) is 0 Å². The number of carbonyl (C=O) groups excluding carboxylic acids is 2. The van der Waals surface area contributed by atoms with Gasteiger partial charge in [0.2, 0.25) is 0 Å². The van der Waals surface area contributed by atoms with E-state index < -0.39 is 6.03 Å². The van der Waals surface area contributed by atoms with Gasteiger partial charge in [0.15, 0.2) is 6.04 Å². The van der Waals surface area contributed by atoms with Gasteiger partial charge in [0.25, 0.3) is 5.91 Å². The largest absolute Gasteiger partial charge is 0.341 e. The van der Waals surface area contributed by atoms with E-state index in [4.69, 9.17) is 0 Å². The van der Waals surface area contributed by atoms with E-state index in [2.05, 4.69) is 16.0 Å². The van der Waals surface area contributed by atoms with Crippen molar-refractivity contribution >= 4 is 11.9 Å². The number of amides is 3. The lowest BCUT2D eigenvalue weighted by Crippen LogP contribution is -2.92. The zero-order chi connectivity index (χ0) is 16.5. The van der Waals surface area contributed by atoms with Gasteiger partial charge < -0.3 is 10.6 Å². The lowest BCUT2D eigenvalue weighted by molar-refractivity contribution is -0.717. The van der Waals surface area contributed by atoms with Crippen molar-refractivity contribution in [1.82, 2.24) is 10.6 Å². The molecule has 4 N–H and O–H groups in total. The number of quaternary nitrogens is 1. The van der Waals surface area contributed by atoms with Crippen molar-refractivity contribution in [3.63, 3.8) is 0 Å². The molecule has 0 heterocycles. The van der Waals surface area contributed by atoms with Crippen LogP contribution in [0.1, 0.15) is 56.6 Å². The van der Waals surface area contributed by atoms with Gasteiger partial charge in [-0.3, -0.25) is 10.1 Å². The van der Waals surface area contributed by atoms with Crippen LogP contribution in [0, 0.1) is 0 Å². The fraction of sp³-hybridized carbons (Fsp3) is 0.556. The maximum absolute atomic E-state index is 12.5. The Labute approximate surface area is 138 Å². The summed E-state index contributed by atoms with van der Waals surface area (Å²) in [6.45, 7) is 0. The number of imide groups is 1. The Morgan fingerprint density at radius 1 is 1.04 bits per heavy atom. The summed E-state index contributed by atoms with van der Waals surface area (Å²) >= 11 is 0. The molecule has 2 rings (SSSR count). The van der Waals surface area contributed by atoms with Crippen LogP contribution < -0.4 is 16.0 Å². The molecular weight excluding hydrogens is 290 g/mol. The Morgan fingerprint density at radius 3 is 2.26 bits per heavy atom. The van der Waals surface area contributed by atoms with Crippen molar-refractivity contribution < 1.29 is 14.9 Å². The van der Waals surface area contributed by atoms with Crippen molar-refractivity contribution in [1.29, 1.82) is 0 Å². The first-order valence-electron chi connectivity index (χ1n) is 8.63. The molecule has 5 heteroatoms. The molecule has 0 unspecified atom stereocenters. The van der Waals surface area contributed by atoms with Crippen LogP contribution in [0.2, 0.25) is 0 Å². The molecule has 1 fully saturated rings. The summed E-state index contributed by atoms with van der Waals surface area (Å²) in [6, 6.07) is 9.31. The Hall–Kier alpha value is -1.88. The Morgan fingerprint density at radius 2 is 1.65 bits per heavy atom. The molecule has 126 valence electrons. The van der Waals surface area contributed by atoms with Crippen LogP contribution in [0.25, 0.3) is 0 Å². The lowest BCUT2D eigenvalue weighted by atomic mass is 9.95. The summed E-state index contributed by atoms with van der Waals surface area (Å²) in [5, 5.41) is 7.02. The van der Waals surface area contributed by atoms with Crippen molar-refractivity contribution in [2.24, 2.45) is 0 Å². The second-order valence-corrected chi connectivity index (χ2v) is 6.25. The Bertz CT molecular complexity index is 496. The molecule has 1 aliphatic rings. The fourth-order valence-electron chi connectivity index (χ4n) is 3.21. The van der Waals surface area contributed by atoms with Gasteiger partial charge in [0.05, 0.1) is 6.04 Å². The summed E-state index contributed by atoms with van der Waals surface area (Å²) in [7, 11) is 1.51. The Kier molecular flexibility index (Phi) is 7.07. The quantitative estimate of drug-likeness (QED) is 0.792. The number of nitrogens with one attached hydrogen (secondary N) is 2. The van der Waals surface area contributed by atoms with Gasteiger partial charge in [-0.2, -0.15) is 0 Å².